The molecule has 1 aliphatic heterocycles. The van der Waals surface area contributed by atoms with Crippen LogP contribution in [0.15, 0.2) is 47.8 Å². The van der Waals surface area contributed by atoms with Gasteiger partial charge in [-0.2, -0.15) is 0 Å². The molecule has 1 amide bonds. The molecule has 1 fully saturated rings. The van der Waals surface area contributed by atoms with E-state index >= 15 is 0 Å². The van der Waals surface area contributed by atoms with Gasteiger partial charge in [-0.25, -0.2) is 14.8 Å². The summed E-state index contributed by atoms with van der Waals surface area (Å²) in [5.74, 6) is 0.512. The number of carbonyl (C=O) groups is 1. The van der Waals surface area contributed by atoms with Crippen LogP contribution in [0, 0.1) is 11.7 Å². The van der Waals surface area contributed by atoms with Crippen molar-refractivity contribution in [3.63, 3.8) is 0 Å². The van der Waals surface area contributed by atoms with E-state index in [1.165, 1.54) is 23.5 Å². The number of rotatable bonds is 6. The normalized spacial score (nSPS) is 18.2. The van der Waals surface area contributed by atoms with Gasteiger partial charge in [-0.15, -0.1) is 11.3 Å². The van der Waals surface area contributed by atoms with Gasteiger partial charge in [0, 0.05) is 17.5 Å². The van der Waals surface area contributed by atoms with Crippen molar-refractivity contribution in [2.75, 3.05) is 26.1 Å². The monoisotopic (exact) mass is 428 g/mol. The number of hydrogen-bond acceptors (Lipinski definition) is 7. The number of ether oxygens (including phenoxy) is 2. The first-order valence-electron chi connectivity index (χ1n) is 9.31. The molecule has 0 saturated carbocycles. The third-order valence-electron chi connectivity index (χ3n) is 4.96. The van der Waals surface area contributed by atoms with Crippen LogP contribution in [0.4, 0.5) is 9.52 Å². The van der Waals surface area contributed by atoms with Crippen molar-refractivity contribution in [1.29, 1.82) is 0 Å². The smallest absolute Gasteiger partial charge is 0.232 e. The number of anilines is 1. The Labute approximate surface area is 177 Å². The van der Waals surface area contributed by atoms with Gasteiger partial charge in [-0.1, -0.05) is 12.1 Å². The Bertz CT molecular complexity index is 1040. The van der Waals surface area contributed by atoms with Gasteiger partial charge >= 0.3 is 0 Å². The van der Waals surface area contributed by atoms with Gasteiger partial charge in [-0.05, 0) is 35.9 Å². The van der Waals surface area contributed by atoms with E-state index in [0.29, 0.717) is 28.9 Å². The maximum Gasteiger partial charge on any atom is 0.232 e. The van der Waals surface area contributed by atoms with Crippen molar-refractivity contribution in [2.45, 2.75) is 6.04 Å². The third kappa shape index (κ3) is 4.13. The van der Waals surface area contributed by atoms with E-state index in [0.717, 1.165) is 11.1 Å². The molecular weight excluding hydrogens is 407 g/mol. The van der Waals surface area contributed by atoms with Gasteiger partial charge in [0.1, 0.15) is 17.3 Å². The SMILES string of the molecule is COc1ccc(OC)c(-c2csc(NC(=O)C3CNNC3c3ccc(F)cc3)n2)c1. The third-order valence-corrected chi connectivity index (χ3v) is 5.72. The highest BCUT2D eigenvalue weighted by atomic mass is 32.1. The van der Waals surface area contributed by atoms with Crippen LogP contribution in [0.3, 0.4) is 0 Å². The quantitative estimate of drug-likeness (QED) is 0.558. The summed E-state index contributed by atoms with van der Waals surface area (Å²) in [6.07, 6.45) is 0. The lowest BCUT2D eigenvalue weighted by atomic mass is 9.94. The second-order valence-corrected chi connectivity index (χ2v) is 7.61. The summed E-state index contributed by atoms with van der Waals surface area (Å²) in [4.78, 5) is 17.4. The summed E-state index contributed by atoms with van der Waals surface area (Å²) in [6.45, 7) is 0.454. The Balaban J connectivity index is 1.51. The van der Waals surface area contributed by atoms with E-state index in [2.05, 4.69) is 21.2 Å². The Morgan fingerprint density at radius 1 is 1.20 bits per heavy atom. The summed E-state index contributed by atoms with van der Waals surface area (Å²) < 4.78 is 23.9. The van der Waals surface area contributed by atoms with Gasteiger partial charge in [0.25, 0.3) is 0 Å². The zero-order valence-electron chi connectivity index (χ0n) is 16.4. The Morgan fingerprint density at radius 2 is 2.00 bits per heavy atom. The van der Waals surface area contributed by atoms with Gasteiger partial charge < -0.3 is 14.8 Å². The van der Waals surface area contributed by atoms with Crippen molar-refractivity contribution in [2.24, 2.45) is 5.92 Å². The molecule has 4 rings (SSSR count). The molecule has 0 radical (unpaired) electrons. The predicted molar refractivity (Wildman–Crippen MR) is 113 cm³/mol. The fourth-order valence-electron chi connectivity index (χ4n) is 3.39. The van der Waals surface area contributed by atoms with Crippen molar-refractivity contribution in [1.82, 2.24) is 15.8 Å². The highest BCUT2D eigenvalue weighted by Gasteiger charge is 2.34. The number of carbonyl (C=O) groups excluding carboxylic acids is 1. The average molecular weight is 428 g/mol. The first-order chi connectivity index (χ1) is 14.6. The summed E-state index contributed by atoms with van der Waals surface area (Å²) in [5, 5.41) is 5.24. The molecule has 2 atom stereocenters. The number of halogens is 1. The molecule has 0 aliphatic carbocycles. The zero-order chi connectivity index (χ0) is 21.1. The van der Waals surface area contributed by atoms with Crippen LogP contribution in [0.5, 0.6) is 11.5 Å². The van der Waals surface area contributed by atoms with Crippen molar-refractivity contribution in [3.8, 4) is 22.8 Å². The van der Waals surface area contributed by atoms with Crippen LogP contribution >= 0.6 is 11.3 Å². The largest absolute Gasteiger partial charge is 0.497 e. The molecule has 3 N–H and O–H groups in total. The Kier molecular flexibility index (Phi) is 5.93. The molecule has 1 saturated heterocycles. The molecular formula is C21H21FN4O3S. The second-order valence-electron chi connectivity index (χ2n) is 6.75. The first kappa shape index (κ1) is 20.3. The minimum Gasteiger partial charge on any atom is -0.497 e. The summed E-state index contributed by atoms with van der Waals surface area (Å²) in [5.41, 5.74) is 8.40. The van der Waals surface area contributed by atoms with Crippen LogP contribution in [-0.4, -0.2) is 31.7 Å². The highest BCUT2D eigenvalue weighted by molar-refractivity contribution is 7.14. The van der Waals surface area contributed by atoms with Crippen LogP contribution < -0.4 is 25.6 Å². The van der Waals surface area contributed by atoms with Crippen LogP contribution in [-0.2, 0) is 4.79 Å². The fraction of sp³-hybridized carbons (Fsp3) is 0.238. The first-order valence-corrected chi connectivity index (χ1v) is 10.2. The van der Waals surface area contributed by atoms with Crippen LogP contribution in [0.1, 0.15) is 11.6 Å². The maximum absolute atomic E-state index is 13.2. The Morgan fingerprint density at radius 3 is 2.73 bits per heavy atom. The van der Waals surface area contributed by atoms with Crippen molar-refractivity contribution < 1.29 is 18.7 Å². The molecule has 3 aromatic rings. The fourth-order valence-corrected chi connectivity index (χ4v) is 4.11. The molecule has 1 aromatic heterocycles. The standard InChI is InChI=1S/C21H21FN4O3S/c1-28-14-7-8-18(29-2)15(9-14)17-11-30-21(24-17)25-20(27)16-10-23-26-19(16)12-3-5-13(22)6-4-12/h3-9,11,16,19,23,26H,10H2,1-2H3,(H,24,25,27). The number of nitrogens with one attached hydrogen (secondary N) is 3. The average Bonchev–Trinajstić information content (AvgIpc) is 3.43. The number of hydrazine groups is 1. The van der Waals surface area contributed by atoms with E-state index in [9.17, 15) is 9.18 Å². The second kappa shape index (κ2) is 8.78. The molecule has 0 bridgehead atoms. The van der Waals surface area contributed by atoms with E-state index in [1.54, 1.807) is 26.4 Å². The number of thiazole rings is 1. The highest BCUT2D eigenvalue weighted by Crippen LogP contribution is 2.35. The van der Waals surface area contributed by atoms with E-state index in [-0.39, 0.29) is 23.7 Å². The molecule has 30 heavy (non-hydrogen) atoms. The van der Waals surface area contributed by atoms with Crippen LogP contribution in [0.25, 0.3) is 11.3 Å². The van der Waals surface area contributed by atoms with Crippen molar-refractivity contribution in [3.05, 3.63) is 59.2 Å². The lowest BCUT2D eigenvalue weighted by Gasteiger charge is -2.17. The maximum atomic E-state index is 13.2. The van der Waals surface area contributed by atoms with Gasteiger partial charge in [-0.3, -0.25) is 10.2 Å². The summed E-state index contributed by atoms with van der Waals surface area (Å²) >= 11 is 1.33. The number of nitrogens with zero attached hydrogens (tertiary/aromatic N) is 1. The minimum atomic E-state index is -0.367. The molecule has 9 heteroatoms. The minimum absolute atomic E-state index is 0.166. The predicted octanol–water partition coefficient (Wildman–Crippen LogP) is 3.37. The lowest BCUT2D eigenvalue weighted by molar-refractivity contribution is -0.119. The van der Waals surface area contributed by atoms with E-state index < -0.39 is 0 Å². The van der Waals surface area contributed by atoms with E-state index in [4.69, 9.17) is 9.47 Å². The number of methoxy groups -OCH3 is 2. The molecule has 2 aromatic carbocycles. The number of hydrogen-bond donors (Lipinski definition) is 3. The Hall–Kier alpha value is -3.01. The molecule has 7 nitrogen and oxygen atoms in total. The van der Waals surface area contributed by atoms with Gasteiger partial charge in [0.15, 0.2) is 5.13 Å². The number of amides is 1. The molecule has 156 valence electrons. The van der Waals surface area contributed by atoms with E-state index in [1.807, 2.05) is 23.6 Å². The lowest BCUT2D eigenvalue weighted by Crippen LogP contribution is -2.29. The molecule has 2 unspecified atom stereocenters. The molecule has 1 aliphatic rings. The van der Waals surface area contributed by atoms with Gasteiger partial charge in [0.2, 0.25) is 5.91 Å². The summed E-state index contributed by atoms with van der Waals surface area (Å²) in [6, 6.07) is 11.3. The zero-order valence-corrected chi connectivity index (χ0v) is 17.3. The molecule has 0 spiro atoms. The van der Waals surface area contributed by atoms with Crippen molar-refractivity contribution >= 4 is 22.4 Å². The van der Waals surface area contributed by atoms with Crippen LogP contribution in [0.2, 0.25) is 0 Å². The topological polar surface area (TPSA) is 84.5 Å². The number of benzene rings is 2. The summed E-state index contributed by atoms with van der Waals surface area (Å²) in [7, 11) is 3.19. The molecule has 2 heterocycles. The number of aromatic nitrogens is 1. The van der Waals surface area contributed by atoms with Gasteiger partial charge in [0.05, 0.1) is 31.9 Å².